The summed E-state index contributed by atoms with van der Waals surface area (Å²) >= 11 is 0. The highest BCUT2D eigenvalue weighted by Gasteiger charge is 2.34. The van der Waals surface area contributed by atoms with Gasteiger partial charge in [0.2, 0.25) is 10.0 Å². The Kier molecular flexibility index (Phi) is 8.58. The number of primary sulfonamides is 1. The summed E-state index contributed by atoms with van der Waals surface area (Å²) in [6, 6.07) is 5.19. The second-order valence-electron chi connectivity index (χ2n) is 5.46. The summed E-state index contributed by atoms with van der Waals surface area (Å²) in [4.78, 5) is 7.30. The number of aromatic nitrogens is 2. The normalized spacial score (nSPS) is 12.4. The van der Waals surface area contributed by atoms with Crippen LogP contribution in [0.2, 0.25) is 0 Å². The Morgan fingerprint density at radius 1 is 1.21 bits per heavy atom. The van der Waals surface area contributed by atoms with E-state index in [1.807, 2.05) is 20.8 Å². The largest absolute Gasteiger partial charge is 0.434 e. The molecule has 1 aromatic heterocycles. The molecule has 0 unspecified atom stereocenters. The predicted octanol–water partition coefficient (Wildman–Crippen LogP) is 4.06. The fourth-order valence-electron chi connectivity index (χ4n) is 2.06. The van der Waals surface area contributed by atoms with Gasteiger partial charge < -0.3 is 0 Å². The van der Waals surface area contributed by atoms with E-state index in [0.29, 0.717) is 12.1 Å². The minimum Gasteiger partial charge on any atom is -0.300 e. The lowest BCUT2D eigenvalue weighted by atomic mass is 10.3. The van der Waals surface area contributed by atoms with Crippen LogP contribution in [0.1, 0.15) is 38.7 Å². The molecule has 1 aromatic carbocycles. The molecule has 0 fully saturated rings. The maximum absolute atomic E-state index is 12.8. The van der Waals surface area contributed by atoms with E-state index in [1.54, 1.807) is 12.3 Å². The third kappa shape index (κ3) is 6.93. The summed E-state index contributed by atoms with van der Waals surface area (Å²) in [7, 11) is -3.86. The van der Waals surface area contributed by atoms with E-state index in [9.17, 15) is 21.6 Å². The average molecular weight is 416 g/mol. The first-order chi connectivity index (χ1) is 13.0. The zero-order valence-corrected chi connectivity index (χ0v) is 16.6. The van der Waals surface area contributed by atoms with Gasteiger partial charge in [-0.1, -0.05) is 13.0 Å². The minimum absolute atomic E-state index is 0.0996. The number of alkyl halides is 3. The fraction of sp³-hybridized carbons (Fsp3) is 0.333. The monoisotopic (exact) mass is 416 g/mol. The van der Waals surface area contributed by atoms with Gasteiger partial charge in [0.15, 0.2) is 5.69 Å². The standard InChI is InChI=1S/C14H14F3N3O2S.C4H9N/c1-2-3-4-13-19-12(14(15,16)17)9-20(13)10-5-7-11(8-6-10)23(18,21)22;1-3-5-4-2/h3-9H,2H2,1H3,(H2,18,21,22);3H,4H2,1-2H3/b4-3+;. The molecule has 1 heterocycles. The molecule has 0 aliphatic rings. The van der Waals surface area contributed by atoms with Crippen LogP contribution in [0, 0.1) is 0 Å². The molecule has 6 nitrogen and oxygen atoms in total. The molecule has 0 saturated carbocycles. The van der Waals surface area contributed by atoms with Crippen LogP contribution >= 0.6 is 0 Å². The SMILES string of the molecule is CC/C=C/c1nc(C(F)(F)F)cn1-c1ccc(S(N)(=O)=O)cc1.CC=NCC. The Labute approximate surface area is 162 Å². The summed E-state index contributed by atoms with van der Waals surface area (Å²) in [6.45, 7) is 6.69. The highest BCUT2D eigenvalue weighted by Crippen LogP contribution is 2.30. The van der Waals surface area contributed by atoms with E-state index >= 15 is 0 Å². The van der Waals surface area contributed by atoms with Crippen LogP contribution in [0.15, 0.2) is 46.4 Å². The van der Waals surface area contributed by atoms with Crippen LogP contribution in [0.25, 0.3) is 11.8 Å². The Morgan fingerprint density at radius 2 is 1.82 bits per heavy atom. The smallest absolute Gasteiger partial charge is 0.300 e. The van der Waals surface area contributed by atoms with E-state index in [0.717, 1.165) is 12.7 Å². The molecule has 2 rings (SSSR count). The van der Waals surface area contributed by atoms with E-state index in [-0.39, 0.29) is 10.7 Å². The van der Waals surface area contributed by atoms with Crippen LogP contribution in [0.3, 0.4) is 0 Å². The van der Waals surface area contributed by atoms with Gasteiger partial charge in [0.05, 0.1) is 4.90 Å². The van der Waals surface area contributed by atoms with Gasteiger partial charge in [-0.25, -0.2) is 18.5 Å². The van der Waals surface area contributed by atoms with Crippen molar-refractivity contribution in [3.8, 4) is 5.69 Å². The van der Waals surface area contributed by atoms with Crippen molar-refractivity contribution in [2.75, 3.05) is 6.54 Å². The van der Waals surface area contributed by atoms with E-state index in [2.05, 4.69) is 9.98 Å². The molecule has 10 heteroatoms. The van der Waals surface area contributed by atoms with Crippen LogP contribution in [-0.4, -0.2) is 30.7 Å². The fourth-order valence-corrected chi connectivity index (χ4v) is 2.57. The minimum atomic E-state index is -4.57. The molecular formula is C18H23F3N4O2S. The zero-order chi connectivity index (χ0) is 21.4. The van der Waals surface area contributed by atoms with Crippen molar-refractivity contribution < 1.29 is 21.6 Å². The third-order valence-electron chi connectivity index (χ3n) is 3.33. The topological polar surface area (TPSA) is 90.3 Å². The van der Waals surface area contributed by atoms with Crippen molar-refractivity contribution in [1.82, 2.24) is 9.55 Å². The summed E-state index contributed by atoms with van der Waals surface area (Å²) in [6.07, 6.45) is 1.89. The van der Waals surface area contributed by atoms with Gasteiger partial charge >= 0.3 is 6.18 Å². The van der Waals surface area contributed by atoms with Crippen molar-refractivity contribution >= 4 is 22.3 Å². The first kappa shape index (κ1) is 23.6. The number of imidazole rings is 1. The Balaban J connectivity index is 0.000000696. The number of rotatable bonds is 5. The van der Waals surface area contributed by atoms with Gasteiger partial charge in [0, 0.05) is 18.4 Å². The van der Waals surface area contributed by atoms with Crippen LogP contribution in [0.4, 0.5) is 13.2 Å². The molecular weight excluding hydrogens is 393 g/mol. The molecule has 28 heavy (non-hydrogen) atoms. The number of hydrogen-bond donors (Lipinski definition) is 1. The van der Waals surface area contributed by atoms with Crippen molar-refractivity contribution in [2.45, 2.75) is 38.3 Å². The number of aliphatic imine (C=N–C) groups is 1. The lowest BCUT2D eigenvalue weighted by molar-refractivity contribution is -0.140. The van der Waals surface area contributed by atoms with Gasteiger partial charge in [0.1, 0.15) is 5.82 Å². The van der Waals surface area contributed by atoms with E-state index in [1.165, 1.54) is 34.9 Å². The Bertz CT molecular complexity index is 915. The van der Waals surface area contributed by atoms with Gasteiger partial charge in [-0.15, -0.1) is 0 Å². The Morgan fingerprint density at radius 3 is 2.21 bits per heavy atom. The summed E-state index contributed by atoms with van der Waals surface area (Å²) in [5.74, 6) is 0.0996. The van der Waals surface area contributed by atoms with Gasteiger partial charge in [-0.05, 0) is 56.8 Å². The molecule has 0 aliphatic carbocycles. The van der Waals surface area contributed by atoms with Crippen molar-refractivity contribution in [3.05, 3.63) is 48.1 Å². The van der Waals surface area contributed by atoms with Crippen molar-refractivity contribution in [2.24, 2.45) is 10.1 Å². The zero-order valence-electron chi connectivity index (χ0n) is 15.8. The first-order valence-electron chi connectivity index (χ1n) is 8.45. The first-order valence-corrected chi connectivity index (χ1v) is 10.00. The lowest BCUT2D eigenvalue weighted by Crippen LogP contribution is -2.12. The summed E-state index contributed by atoms with van der Waals surface area (Å²) in [5.41, 5.74) is -0.681. The van der Waals surface area contributed by atoms with Gasteiger partial charge in [0.25, 0.3) is 0 Å². The molecule has 2 N–H and O–H groups in total. The number of hydrogen-bond acceptors (Lipinski definition) is 4. The van der Waals surface area contributed by atoms with E-state index in [4.69, 9.17) is 5.14 Å². The number of benzene rings is 1. The molecule has 0 saturated heterocycles. The van der Waals surface area contributed by atoms with Crippen LogP contribution in [-0.2, 0) is 16.2 Å². The highest BCUT2D eigenvalue weighted by molar-refractivity contribution is 7.89. The van der Waals surface area contributed by atoms with Gasteiger partial charge in [-0.3, -0.25) is 9.56 Å². The second-order valence-corrected chi connectivity index (χ2v) is 7.02. The molecule has 154 valence electrons. The molecule has 0 atom stereocenters. The number of sulfonamides is 1. The number of nitrogens with two attached hydrogens (primary N) is 1. The predicted molar refractivity (Wildman–Crippen MR) is 104 cm³/mol. The van der Waals surface area contributed by atoms with Crippen LogP contribution in [0.5, 0.6) is 0 Å². The average Bonchev–Trinajstić information content (AvgIpc) is 3.05. The molecule has 0 aliphatic heterocycles. The summed E-state index contributed by atoms with van der Waals surface area (Å²) in [5, 5.41) is 5.00. The van der Waals surface area contributed by atoms with Crippen molar-refractivity contribution in [3.63, 3.8) is 0 Å². The maximum Gasteiger partial charge on any atom is 0.434 e. The number of halogens is 3. The second kappa shape index (κ2) is 10.2. The molecule has 2 aromatic rings. The Hall–Kier alpha value is -2.46. The quantitative estimate of drug-likeness (QED) is 0.746. The van der Waals surface area contributed by atoms with E-state index < -0.39 is 21.9 Å². The van der Waals surface area contributed by atoms with Crippen LogP contribution < -0.4 is 5.14 Å². The maximum atomic E-state index is 12.8. The number of nitrogens with zero attached hydrogens (tertiary/aromatic N) is 3. The molecule has 0 radical (unpaired) electrons. The third-order valence-corrected chi connectivity index (χ3v) is 4.26. The van der Waals surface area contributed by atoms with Crippen molar-refractivity contribution in [1.29, 1.82) is 0 Å². The summed E-state index contributed by atoms with van der Waals surface area (Å²) < 4.78 is 62.2. The lowest BCUT2D eigenvalue weighted by Gasteiger charge is -2.06. The molecule has 0 amide bonds. The molecule has 0 bridgehead atoms. The number of allylic oxidation sites excluding steroid dienone is 1. The molecule has 0 spiro atoms. The van der Waals surface area contributed by atoms with Gasteiger partial charge in [-0.2, -0.15) is 13.2 Å². The highest BCUT2D eigenvalue weighted by atomic mass is 32.2.